The van der Waals surface area contributed by atoms with E-state index in [4.69, 9.17) is 9.47 Å². The summed E-state index contributed by atoms with van der Waals surface area (Å²) < 4.78 is 10.9. The van der Waals surface area contributed by atoms with E-state index in [1.54, 1.807) is 14.2 Å². The molecule has 1 aliphatic heterocycles. The van der Waals surface area contributed by atoms with Crippen molar-refractivity contribution < 1.29 is 14.3 Å². The SMILES string of the molecule is COc1cccc(C2C(C#N)=C(C)NC3=C2C(=O)CCC3)c1OC. The smallest absolute Gasteiger partial charge is 0.164 e. The number of carbonyl (C=O) groups is 1. The molecule has 0 saturated carbocycles. The number of nitrogens with one attached hydrogen (secondary N) is 1. The van der Waals surface area contributed by atoms with Gasteiger partial charge in [-0.3, -0.25) is 4.79 Å². The summed E-state index contributed by atoms with van der Waals surface area (Å²) in [5, 5.41) is 13.0. The summed E-state index contributed by atoms with van der Waals surface area (Å²) in [7, 11) is 3.15. The summed E-state index contributed by atoms with van der Waals surface area (Å²) in [4.78, 5) is 12.6. The molecule has 3 rings (SSSR count). The Kier molecular flexibility index (Phi) is 4.30. The Morgan fingerprint density at radius 1 is 1.25 bits per heavy atom. The molecule has 1 heterocycles. The maximum Gasteiger partial charge on any atom is 0.164 e. The first kappa shape index (κ1) is 16.1. The van der Waals surface area contributed by atoms with Crippen LogP contribution in [0.5, 0.6) is 11.5 Å². The van der Waals surface area contributed by atoms with Crippen LogP contribution < -0.4 is 14.8 Å². The fourth-order valence-corrected chi connectivity index (χ4v) is 3.58. The third-order valence-corrected chi connectivity index (χ3v) is 4.64. The number of nitrogens with zero attached hydrogens (tertiary/aromatic N) is 1. The van der Waals surface area contributed by atoms with Crippen LogP contribution in [-0.2, 0) is 4.79 Å². The molecule has 124 valence electrons. The summed E-state index contributed by atoms with van der Waals surface area (Å²) in [5.74, 6) is 0.842. The molecule has 0 amide bonds. The highest BCUT2D eigenvalue weighted by molar-refractivity contribution is 6.00. The molecular weight excluding hydrogens is 304 g/mol. The highest BCUT2D eigenvalue weighted by Crippen LogP contribution is 2.46. The van der Waals surface area contributed by atoms with Crippen molar-refractivity contribution in [2.24, 2.45) is 0 Å². The maximum absolute atomic E-state index is 12.6. The second-order valence-corrected chi connectivity index (χ2v) is 5.96. The zero-order chi connectivity index (χ0) is 17.3. The Balaban J connectivity index is 2.26. The Morgan fingerprint density at radius 2 is 2.04 bits per heavy atom. The highest BCUT2D eigenvalue weighted by atomic mass is 16.5. The van der Waals surface area contributed by atoms with Gasteiger partial charge in [0.05, 0.1) is 31.8 Å². The van der Waals surface area contributed by atoms with Gasteiger partial charge in [0, 0.05) is 29.0 Å². The van der Waals surface area contributed by atoms with E-state index in [-0.39, 0.29) is 5.78 Å². The van der Waals surface area contributed by atoms with E-state index in [9.17, 15) is 10.1 Å². The lowest BCUT2D eigenvalue weighted by Crippen LogP contribution is -2.31. The minimum atomic E-state index is -0.413. The van der Waals surface area contributed by atoms with Gasteiger partial charge in [0.1, 0.15) is 0 Å². The molecule has 1 aromatic carbocycles. The lowest BCUT2D eigenvalue weighted by atomic mass is 9.75. The average Bonchev–Trinajstić information content (AvgIpc) is 2.59. The largest absolute Gasteiger partial charge is 0.493 e. The predicted octanol–water partition coefficient (Wildman–Crippen LogP) is 3.20. The molecule has 5 nitrogen and oxygen atoms in total. The predicted molar refractivity (Wildman–Crippen MR) is 89.6 cm³/mol. The first-order valence-electron chi connectivity index (χ1n) is 7.97. The summed E-state index contributed by atoms with van der Waals surface area (Å²) in [6.45, 7) is 1.88. The average molecular weight is 324 g/mol. The van der Waals surface area contributed by atoms with Crippen LogP contribution in [0, 0.1) is 11.3 Å². The van der Waals surface area contributed by atoms with Crippen molar-refractivity contribution in [3.8, 4) is 17.6 Å². The summed E-state index contributed by atoms with van der Waals surface area (Å²) in [6, 6.07) is 7.84. The molecule has 1 atom stereocenters. The number of methoxy groups -OCH3 is 2. The van der Waals surface area contributed by atoms with E-state index in [2.05, 4.69) is 11.4 Å². The van der Waals surface area contributed by atoms with Gasteiger partial charge in [-0.25, -0.2) is 0 Å². The molecule has 1 N–H and O–H groups in total. The molecule has 0 spiro atoms. The van der Waals surface area contributed by atoms with Gasteiger partial charge in [0.2, 0.25) is 0 Å². The van der Waals surface area contributed by atoms with Crippen LogP contribution in [-0.4, -0.2) is 20.0 Å². The van der Waals surface area contributed by atoms with Crippen molar-refractivity contribution >= 4 is 5.78 Å². The molecule has 2 aliphatic rings. The zero-order valence-corrected chi connectivity index (χ0v) is 14.1. The van der Waals surface area contributed by atoms with Crippen molar-refractivity contribution in [1.82, 2.24) is 5.32 Å². The summed E-state index contributed by atoms with van der Waals surface area (Å²) in [5.41, 5.74) is 3.75. The van der Waals surface area contributed by atoms with Crippen LogP contribution in [0.25, 0.3) is 0 Å². The van der Waals surface area contributed by atoms with Gasteiger partial charge in [-0.05, 0) is 25.8 Å². The molecular formula is C19H20N2O3. The zero-order valence-electron chi connectivity index (χ0n) is 14.1. The van der Waals surface area contributed by atoms with E-state index >= 15 is 0 Å². The van der Waals surface area contributed by atoms with Gasteiger partial charge in [-0.1, -0.05) is 12.1 Å². The minimum absolute atomic E-state index is 0.0962. The number of rotatable bonds is 3. The molecule has 24 heavy (non-hydrogen) atoms. The van der Waals surface area contributed by atoms with Crippen molar-refractivity contribution in [3.63, 3.8) is 0 Å². The molecule has 0 radical (unpaired) electrons. The number of para-hydroxylation sites is 1. The fraction of sp³-hybridized carbons (Fsp3) is 0.368. The summed E-state index contributed by atoms with van der Waals surface area (Å²) >= 11 is 0. The van der Waals surface area contributed by atoms with Crippen LogP contribution in [0.4, 0.5) is 0 Å². The topological polar surface area (TPSA) is 71.3 Å². The standard InChI is InChI=1S/C19H20N2O3/c1-11-13(10-20)17(18-14(21-11)7-5-8-15(18)22)12-6-4-9-16(23-2)19(12)24-3/h4,6,9,17,21H,5,7-8H2,1-3H3. The lowest BCUT2D eigenvalue weighted by molar-refractivity contribution is -0.116. The van der Waals surface area contributed by atoms with Gasteiger partial charge in [0.15, 0.2) is 17.3 Å². The van der Waals surface area contributed by atoms with E-state index in [1.807, 2.05) is 25.1 Å². The summed E-state index contributed by atoms with van der Waals surface area (Å²) in [6.07, 6.45) is 2.17. The Bertz CT molecular complexity index is 799. The Hall–Kier alpha value is -2.74. The van der Waals surface area contributed by atoms with Crippen LogP contribution in [0.3, 0.4) is 0 Å². The van der Waals surface area contributed by atoms with Gasteiger partial charge < -0.3 is 14.8 Å². The number of ketones is 1. The Morgan fingerprint density at radius 3 is 2.71 bits per heavy atom. The quantitative estimate of drug-likeness (QED) is 0.924. The minimum Gasteiger partial charge on any atom is -0.493 e. The van der Waals surface area contributed by atoms with Crippen molar-refractivity contribution in [2.45, 2.75) is 32.1 Å². The normalized spacial score (nSPS) is 20.2. The molecule has 0 fully saturated rings. The molecule has 5 heteroatoms. The number of dihydropyridines is 1. The first-order valence-corrected chi connectivity index (χ1v) is 7.97. The van der Waals surface area contributed by atoms with E-state index in [0.29, 0.717) is 29.1 Å². The molecule has 1 aromatic rings. The fourth-order valence-electron chi connectivity index (χ4n) is 3.58. The van der Waals surface area contributed by atoms with Gasteiger partial charge in [-0.15, -0.1) is 0 Å². The number of allylic oxidation sites excluding steroid dienone is 4. The number of hydrogen-bond acceptors (Lipinski definition) is 5. The van der Waals surface area contributed by atoms with Gasteiger partial charge in [-0.2, -0.15) is 5.26 Å². The number of hydrogen-bond donors (Lipinski definition) is 1. The third kappa shape index (κ3) is 2.44. The van der Waals surface area contributed by atoms with Gasteiger partial charge >= 0.3 is 0 Å². The number of ether oxygens (including phenoxy) is 2. The molecule has 0 aromatic heterocycles. The molecule has 0 bridgehead atoms. The maximum atomic E-state index is 12.6. The monoisotopic (exact) mass is 324 g/mol. The van der Waals surface area contributed by atoms with Crippen molar-refractivity contribution in [3.05, 3.63) is 46.3 Å². The highest BCUT2D eigenvalue weighted by Gasteiger charge is 2.37. The van der Waals surface area contributed by atoms with Gasteiger partial charge in [0.25, 0.3) is 0 Å². The molecule has 1 unspecified atom stereocenters. The van der Waals surface area contributed by atoms with Crippen LogP contribution in [0.15, 0.2) is 40.7 Å². The van der Waals surface area contributed by atoms with Crippen molar-refractivity contribution in [1.29, 1.82) is 5.26 Å². The first-order chi connectivity index (χ1) is 11.6. The number of Topliss-reactive ketones (excluding diaryl/α,β-unsaturated/α-hetero) is 1. The number of carbonyl (C=O) groups excluding carboxylic acids is 1. The van der Waals surface area contributed by atoms with E-state index in [0.717, 1.165) is 29.8 Å². The lowest BCUT2D eigenvalue weighted by Gasteiger charge is -2.33. The number of benzene rings is 1. The van der Waals surface area contributed by atoms with Crippen LogP contribution in [0.1, 0.15) is 37.7 Å². The van der Waals surface area contributed by atoms with Crippen LogP contribution >= 0.6 is 0 Å². The number of nitriles is 1. The van der Waals surface area contributed by atoms with Crippen LogP contribution in [0.2, 0.25) is 0 Å². The molecule has 1 aliphatic carbocycles. The molecule has 0 saturated heterocycles. The second-order valence-electron chi connectivity index (χ2n) is 5.96. The van der Waals surface area contributed by atoms with E-state index in [1.165, 1.54) is 0 Å². The van der Waals surface area contributed by atoms with E-state index < -0.39 is 5.92 Å². The van der Waals surface area contributed by atoms with Crippen molar-refractivity contribution in [2.75, 3.05) is 14.2 Å². The second kappa shape index (κ2) is 6.40. The Labute approximate surface area is 141 Å². The third-order valence-electron chi connectivity index (χ3n) is 4.64.